The van der Waals surface area contributed by atoms with Gasteiger partial charge in [0.1, 0.15) is 6.04 Å². The van der Waals surface area contributed by atoms with Gasteiger partial charge in [0.2, 0.25) is 0 Å². The minimum atomic E-state index is -0.281. The summed E-state index contributed by atoms with van der Waals surface area (Å²) in [5.41, 5.74) is 9.65. The van der Waals surface area contributed by atoms with E-state index >= 15 is 0 Å². The quantitative estimate of drug-likeness (QED) is 0.826. The SMILES string of the molecule is Cc1ccc2c(c1)CN(CC(CN)N=O)CCC2. The van der Waals surface area contributed by atoms with E-state index < -0.39 is 0 Å². The molecule has 1 aromatic carbocycles. The number of rotatable bonds is 4. The number of hydrogen-bond donors (Lipinski definition) is 1. The number of nitroso groups, excluding NO2 is 1. The first kappa shape index (κ1) is 13.2. The Bertz CT molecular complexity index is 420. The maximum atomic E-state index is 10.6. The van der Waals surface area contributed by atoms with Gasteiger partial charge in [0.15, 0.2) is 0 Å². The Morgan fingerprint density at radius 2 is 2.28 bits per heavy atom. The summed E-state index contributed by atoms with van der Waals surface area (Å²) in [5, 5.41) is 3.09. The summed E-state index contributed by atoms with van der Waals surface area (Å²) in [6, 6.07) is 6.37. The maximum Gasteiger partial charge on any atom is 0.117 e. The van der Waals surface area contributed by atoms with E-state index in [0.717, 1.165) is 25.9 Å². The molecule has 2 rings (SSSR count). The molecule has 18 heavy (non-hydrogen) atoms. The van der Waals surface area contributed by atoms with Crippen LogP contribution in [0.5, 0.6) is 0 Å². The number of nitrogens with two attached hydrogens (primary N) is 1. The van der Waals surface area contributed by atoms with Gasteiger partial charge in [-0.3, -0.25) is 4.90 Å². The van der Waals surface area contributed by atoms with Gasteiger partial charge in [-0.25, -0.2) is 0 Å². The lowest BCUT2D eigenvalue weighted by molar-refractivity contribution is 0.253. The van der Waals surface area contributed by atoms with Crippen LogP contribution in [0.3, 0.4) is 0 Å². The number of benzene rings is 1. The van der Waals surface area contributed by atoms with Crippen LogP contribution in [0.25, 0.3) is 0 Å². The monoisotopic (exact) mass is 247 g/mol. The topological polar surface area (TPSA) is 58.7 Å². The highest BCUT2D eigenvalue weighted by atomic mass is 16.3. The summed E-state index contributed by atoms with van der Waals surface area (Å²) in [6.45, 7) is 5.04. The fraction of sp³-hybridized carbons (Fsp3) is 0.571. The normalized spacial score (nSPS) is 17.9. The molecular weight excluding hydrogens is 226 g/mol. The van der Waals surface area contributed by atoms with Gasteiger partial charge in [-0.2, -0.15) is 4.91 Å². The van der Waals surface area contributed by atoms with Crippen molar-refractivity contribution >= 4 is 0 Å². The zero-order valence-corrected chi connectivity index (χ0v) is 10.9. The molecule has 0 aliphatic carbocycles. The Morgan fingerprint density at radius 1 is 1.44 bits per heavy atom. The molecule has 0 radical (unpaired) electrons. The number of aryl methyl sites for hydroxylation is 2. The van der Waals surface area contributed by atoms with Crippen LogP contribution in [0.15, 0.2) is 23.4 Å². The molecule has 0 aromatic heterocycles. The third-order valence-corrected chi connectivity index (χ3v) is 3.57. The lowest BCUT2D eigenvalue weighted by atomic mass is 10.0. The summed E-state index contributed by atoms with van der Waals surface area (Å²) < 4.78 is 0. The standard InChI is InChI=1S/C14H21N3O/c1-11-4-5-12-3-2-6-17(9-13(12)7-11)10-14(8-15)16-18/h4-5,7,14H,2-3,6,8-10,15H2,1H3. The largest absolute Gasteiger partial charge is 0.328 e. The lowest BCUT2D eigenvalue weighted by Gasteiger charge is -2.22. The van der Waals surface area contributed by atoms with Crippen LogP contribution in [0.4, 0.5) is 0 Å². The van der Waals surface area contributed by atoms with Gasteiger partial charge < -0.3 is 5.73 Å². The van der Waals surface area contributed by atoms with E-state index in [4.69, 9.17) is 5.73 Å². The van der Waals surface area contributed by atoms with Crippen LogP contribution >= 0.6 is 0 Å². The molecule has 98 valence electrons. The van der Waals surface area contributed by atoms with Gasteiger partial charge in [0.05, 0.1) is 0 Å². The first-order valence-electron chi connectivity index (χ1n) is 6.56. The molecule has 1 atom stereocenters. The van der Waals surface area contributed by atoms with Crippen molar-refractivity contribution in [2.24, 2.45) is 10.9 Å². The molecule has 0 saturated carbocycles. The van der Waals surface area contributed by atoms with E-state index in [1.165, 1.54) is 16.7 Å². The predicted octanol–water partition coefficient (Wildman–Crippen LogP) is 1.84. The zero-order chi connectivity index (χ0) is 13.0. The number of hydrogen-bond acceptors (Lipinski definition) is 4. The van der Waals surface area contributed by atoms with E-state index in [1.807, 2.05) is 0 Å². The van der Waals surface area contributed by atoms with Crippen LogP contribution in [0.2, 0.25) is 0 Å². The Morgan fingerprint density at radius 3 is 3.00 bits per heavy atom. The van der Waals surface area contributed by atoms with Crippen LogP contribution in [-0.2, 0) is 13.0 Å². The lowest BCUT2D eigenvalue weighted by Crippen LogP contribution is -2.35. The van der Waals surface area contributed by atoms with Crippen molar-refractivity contribution < 1.29 is 0 Å². The molecule has 0 saturated heterocycles. The molecule has 1 unspecified atom stereocenters. The fourth-order valence-corrected chi connectivity index (χ4v) is 2.56. The summed E-state index contributed by atoms with van der Waals surface area (Å²) in [7, 11) is 0. The third-order valence-electron chi connectivity index (χ3n) is 3.57. The van der Waals surface area contributed by atoms with Gasteiger partial charge in [0.25, 0.3) is 0 Å². The van der Waals surface area contributed by atoms with E-state index in [-0.39, 0.29) is 6.04 Å². The van der Waals surface area contributed by atoms with Crippen molar-refractivity contribution in [1.82, 2.24) is 4.90 Å². The Balaban J connectivity index is 2.10. The van der Waals surface area contributed by atoms with E-state index in [2.05, 4.69) is 35.2 Å². The molecule has 1 aliphatic rings. The second-order valence-corrected chi connectivity index (χ2v) is 5.11. The van der Waals surface area contributed by atoms with Crippen molar-refractivity contribution in [3.63, 3.8) is 0 Å². The smallest absolute Gasteiger partial charge is 0.117 e. The zero-order valence-electron chi connectivity index (χ0n) is 10.9. The molecule has 1 aromatic rings. The van der Waals surface area contributed by atoms with Crippen molar-refractivity contribution in [3.8, 4) is 0 Å². The van der Waals surface area contributed by atoms with Gasteiger partial charge in [-0.05, 0) is 37.4 Å². The molecule has 2 N–H and O–H groups in total. The van der Waals surface area contributed by atoms with Crippen molar-refractivity contribution in [2.75, 3.05) is 19.6 Å². The second-order valence-electron chi connectivity index (χ2n) is 5.11. The van der Waals surface area contributed by atoms with E-state index in [9.17, 15) is 4.91 Å². The minimum absolute atomic E-state index is 0.281. The van der Waals surface area contributed by atoms with Crippen molar-refractivity contribution in [2.45, 2.75) is 32.4 Å². The van der Waals surface area contributed by atoms with E-state index in [0.29, 0.717) is 13.1 Å². The van der Waals surface area contributed by atoms with Crippen LogP contribution in [0, 0.1) is 11.8 Å². The molecule has 1 heterocycles. The average molecular weight is 247 g/mol. The Labute approximate surface area is 108 Å². The summed E-state index contributed by atoms with van der Waals surface area (Å²) in [6.07, 6.45) is 2.25. The summed E-state index contributed by atoms with van der Waals surface area (Å²) >= 11 is 0. The highest BCUT2D eigenvalue weighted by Gasteiger charge is 2.18. The molecule has 4 heteroatoms. The average Bonchev–Trinajstić information content (AvgIpc) is 2.57. The number of nitrogens with zero attached hydrogens (tertiary/aromatic N) is 2. The Hall–Kier alpha value is -1.26. The minimum Gasteiger partial charge on any atom is -0.328 e. The van der Waals surface area contributed by atoms with Gasteiger partial charge in [-0.1, -0.05) is 28.9 Å². The highest BCUT2D eigenvalue weighted by Crippen LogP contribution is 2.20. The van der Waals surface area contributed by atoms with Gasteiger partial charge in [0, 0.05) is 19.6 Å². The first-order chi connectivity index (χ1) is 8.72. The van der Waals surface area contributed by atoms with Crippen LogP contribution < -0.4 is 5.73 Å². The summed E-state index contributed by atoms with van der Waals surface area (Å²) in [5.74, 6) is 0. The van der Waals surface area contributed by atoms with Crippen LogP contribution in [-0.4, -0.2) is 30.6 Å². The molecule has 1 aliphatic heterocycles. The Kier molecular flexibility index (Phi) is 4.44. The molecule has 0 spiro atoms. The molecule has 0 amide bonds. The molecule has 0 fully saturated rings. The second kappa shape index (κ2) is 6.07. The summed E-state index contributed by atoms with van der Waals surface area (Å²) in [4.78, 5) is 12.9. The third kappa shape index (κ3) is 3.15. The molecule has 4 nitrogen and oxygen atoms in total. The van der Waals surface area contributed by atoms with Gasteiger partial charge >= 0.3 is 0 Å². The predicted molar refractivity (Wildman–Crippen MR) is 73.4 cm³/mol. The van der Waals surface area contributed by atoms with Gasteiger partial charge in [-0.15, -0.1) is 0 Å². The van der Waals surface area contributed by atoms with Crippen molar-refractivity contribution in [1.29, 1.82) is 0 Å². The molecule has 0 bridgehead atoms. The fourth-order valence-electron chi connectivity index (χ4n) is 2.56. The van der Waals surface area contributed by atoms with Crippen LogP contribution in [0.1, 0.15) is 23.1 Å². The highest BCUT2D eigenvalue weighted by molar-refractivity contribution is 5.32. The first-order valence-corrected chi connectivity index (χ1v) is 6.56. The van der Waals surface area contributed by atoms with Crippen molar-refractivity contribution in [3.05, 3.63) is 39.8 Å². The van der Waals surface area contributed by atoms with E-state index in [1.54, 1.807) is 0 Å². The number of fused-ring (bicyclic) bond motifs is 1. The molecular formula is C14H21N3O. The maximum absolute atomic E-state index is 10.6.